The maximum absolute atomic E-state index is 12.8. The topological polar surface area (TPSA) is 40.6 Å². The van der Waals surface area contributed by atoms with Crippen molar-refractivity contribution in [3.05, 3.63) is 35.6 Å². The number of piperazine rings is 1. The molecule has 1 aromatic carbocycles. The zero-order chi connectivity index (χ0) is 15.2. The van der Waals surface area contributed by atoms with Crippen molar-refractivity contribution in [2.75, 3.05) is 32.1 Å². The molecule has 0 saturated carbocycles. The highest BCUT2D eigenvalue weighted by Crippen LogP contribution is 2.09. The standard InChI is InChI=1S/C15H18ClFN2O2/c16-6-5-14(20)18-7-9-19(10-8-18)15(21)11-12-1-3-13(17)4-2-12/h1-4H,5-11H2. The summed E-state index contributed by atoms with van der Waals surface area (Å²) in [5, 5.41) is 0. The molecule has 0 aromatic heterocycles. The van der Waals surface area contributed by atoms with Crippen LogP contribution in [0, 0.1) is 5.82 Å². The molecule has 6 heteroatoms. The van der Waals surface area contributed by atoms with Gasteiger partial charge in [-0.25, -0.2) is 4.39 Å². The molecule has 0 radical (unpaired) electrons. The average Bonchev–Trinajstić information content (AvgIpc) is 2.50. The molecule has 0 aliphatic carbocycles. The number of carbonyl (C=O) groups excluding carboxylic acids is 2. The van der Waals surface area contributed by atoms with Gasteiger partial charge in [0.2, 0.25) is 11.8 Å². The maximum Gasteiger partial charge on any atom is 0.227 e. The lowest BCUT2D eigenvalue weighted by atomic mass is 10.1. The Hall–Kier alpha value is -1.62. The first kappa shape index (κ1) is 15.8. The van der Waals surface area contributed by atoms with E-state index in [2.05, 4.69) is 0 Å². The predicted molar refractivity (Wildman–Crippen MR) is 78.6 cm³/mol. The van der Waals surface area contributed by atoms with Crippen LogP contribution in [-0.2, 0) is 16.0 Å². The van der Waals surface area contributed by atoms with Gasteiger partial charge in [-0.15, -0.1) is 11.6 Å². The van der Waals surface area contributed by atoms with E-state index in [1.54, 1.807) is 21.9 Å². The highest BCUT2D eigenvalue weighted by Gasteiger charge is 2.23. The Kier molecular flexibility index (Phi) is 5.56. The van der Waals surface area contributed by atoms with E-state index in [1.165, 1.54) is 12.1 Å². The number of nitrogens with zero attached hydrogens (tertiary/aromatic N) is 2. The zero-order valence-corrected chi connectivity index (χ0v) is 12.5. The van der Waals surface area contributed by atoms with E-state index >= 15 is 0 Å². The first-order chi connectivity index (χ1) is 10.1. The minimum atomic E-state index is -0.308. The third kappa shape index (κ3) is 4.43. The molecule has 0 unspecified atom stereocenters. The van der Waals surface area contributed by atoms with Crippen LogP contribution in [0.1, 0.15) is 12.0 Å². The molecular formula is C15H18ClFN2O2. The Labute approximate surface area is 128 Å². The Balaban J connectivity index is 1.83. The molecule has 1 saturated heterocycles. The average molecular weight is 313 g/mol. The van der Waals surface area contributed by atoms with Crippen molar-refractivity contribution in [3.8, 4) is 0 Å². The van der Waals surface area contributed by atoms with Gasteiger partial charge in [0.1, 0.15) is 5.82 Å². The van der Waals surface area contributed by atoms with Crippen LogP contribution in [-0.4, -0.2) is 53.7 Å². The van der Waals surface area contributed by atoms with Crippen molar-refractivity contribution in [2.45, 2.75) is 12.8 Å². The number of benzene rings is 1. The fourth-order valence-corrected chi connectivity index (χ4v) is 2.49. The van der Waals surface area contributed by atoms with Gasteiger partial charge in [0.25, 0.3) is 0 Å². The van der Waals surface area contributed by atoms with E-state index in [9.17, 15) is 14.0 Å². The Morgan fingerprint density at radius 2 is 1.52 bits per heavy atom. The number of hydrogen-bond acceptors (Lipinski definition) is 2. The lowest BCUT2D eigenvalue weighted by molar-refractivity contribution is -0.138. The van der Waals surface area contributed by atoms with Crippen molar-refractivity contribution in [3.63, 3.8) is 0 Å². The number of halogens is 2. The SMILES string of the molecule is O=C(CCCl)N1CCN(C(=O)Cc2ccc(F)cc2)CC1. The van der Waals surface area contributed by atoms with Gasteiger partial charge in [0.05, 0.1) is 6.42 Å². The lowest BCUT2D eigenvalue weighted by Gasteiger charge is -2.34. The van der Waals surface area contributed by atoms with Crippen LogP contribution in [0.25, 0.3) is 0 Å². The van der Waals surface area contributed by atoms with Gasteiger partial charge in [-0.3, -0.25) is 9.59 Å². The number of carbonyl (C=O) groups is 2. The van der Waals surface area contributed by atoms with Gasteiger partial charge in [-0.05, 0) is 17.7 Å². The van der Waals surface area contributed by atoms with Crippen LogP contribution in [0.5, 0.6) is 0 Å². The predicted octanol–water partition coefficient (Wildman–Crippen LogP) is 1.67. The molecule has 1 heterocycles. The number of amides is 2. The number of alkyl halides is 1. The third-order valence-electron chi connectivity index (χ3n) is 3.56. The Morgan fingerprint density at radius 3 is 2.05 bits per heavy atom. The van der Waals surface area contributed by atoms with E-state index in [4.69, 9.17) is 11.6 Å². The van der Waals surface area contributed by atoms with Crippen LogP contribution < -0.4 is 0 Å². The monoisotopic (exact) mass is 312 g/mol. The summed E-state index contributed by atoms with van der Waals surface area (Å²) in [6, 6.07) is 5.94. The Morgan fingerprint density at radius 1 is 1.00 bits per heavy atom. The largest absolute Gasteiger partial charge is 0.339 e. The minimum Gasteiger partial charge on any atom is -0.339 e. The molecule has 2 amide bonds. The molecule has 2 rings (SSSR count). The second-order valence-electron chi connectivity index (χ2n) is 5.00. The maximum atomic E-state index is 12.8. The molecule has 1 aliphatic heterocycles. The van der Waals surface area contributed by atoms with E-state index in [0.29, 0.717) is 38.5 Å². The van der Waals surface area contributed by atoms with Crippen molar-refractivity contribution in [1.29, 1.82) is 0 Å². The molecular weight excluding hydrogens is 295 g/mol. The van der Waals surface area contributed by atoms with Gasteiger partial charge >= 0.3 is 0 Å². The van der Waals surface area contributed by atoms with Gasteiger partial charge in [-0.2, -0.15) is 0 Å². The second-order valence-corrected chi connectivity index (χ2v) is 5.38. The van der Waals surface area contributed by atoms with E-state index in [1.807, 2.05) is 0 Å². The molecule has 0 spiro atoms. The third-order valence-corrected chi connectivity index (χ3v) is 3.75. The van der Waals surface area contributed by atoms with Gasteiger partial charge in [0, 0.05) is 38.5 Å². The van der Waals surface area contributed by atoms with Crippen molar-refractivity contribution >= 4 is 23.4 Å². The quantitative estimate of drug-likeness (QED) is 0.794. The summed E-state index contributed by atoms with van der Waals surface area (Å²) in [6.45, 7) is 2.16. The van der Waals surface area contributed by atoms with Crippen molar-refractivity contribution < 1.29 is 14.0 Å². The van der Waals surface area contributed by atoms with Crippen LogP contribution in [0.15, 0.2) is 24.3 Å². The summed E-state index contributed by atoms with van der Waals surface area (Å²) in [7, 11) is 0. The smallest absolute Gasteiger partial charge is 0.227 e. The van der Waals surface area contributed by atoms with Crippen molar-refractivity contribution in [2.24, 2.45) is 0 Å². The normalized spacial score (nSPS) is 15.1. The number of rotatable bonds is 4. The molecule has 4 nitrogen and oxygen atoms in total. The van der Waals surface area contributed by atoms with Crippen molar-refractivity contribution in [1.82, 2.24) is 9.80 Å². The molecule has 1 aliphatic rings. The first-order valence-corrected chi connectivity index (χ1v) is 7.49. The van der Waals surface area contributed by atoms with E-state index in [-0.39, 0.29) is 24.1 Å². The summed E-state index contributed by atoms with van der Waals surface area (Å²) >= 11 is 5.56. The van der Waals surface area contributed by atoms with Crippen LogP contribution >= 0.6 is 11.6 Å². The summed E-state index contributed by atoms with van der Waals surface area (Å²) in [5.41, 5.74) is 0.794. The van der Waals surface area contributed by atoms with Gasteiger partial charge in [0.15, 0.2) is 0 Å². The number of hydrogen-bond donors (Lipinski definition) is 0. The molecule has 1 aromatic rings. The molecule has 0 N–H and O–H groups in total. The molecule has 0 atom stereocenters. The summed E-state index contributed by atoms with van der Waals surface area (Å²) in [4.78, 5) is 27.3. The summed E-state index contributed by atoms with van der Waals surface area (Å²) < 4.78 is 12.8. The second kappa shape index (κ2) is 7.41. The summed E-state index contributed by atoms with van der Waals surface area (Å²) in [6.07, 6.45) is 0.598. The van der Waals surface area contributed by atoms with Crippen LogP contribution in [0.2, 0.25) is 0 Å². The minimum absolute atomic E-state index is 0.00560. The highest BCUT2D eigenvalue weighted by atomic mass is 35.5. The zero-order valence-electron chi connectivity index (χ0n) is 11.7. The molecule has 0 bridgehead atoms. The summed E-state index contributed by atoms with van der Waals surface area (Å²) in [5.74, 6) is 0.0574. The molecule has 1 fully saturated rings. The highest BCUT2D eigenvalue weighted by molar-refractivity contribution is 6.18. The lowest BCUT2D eigenvalue weighted by Crippen LogP contribution is -2.51. The molecule has 21 heavy (non-hydrogen) atoms. The fraction of sp³-hybridized carbons (Fsp3) is 0.467. The Bertz CT molecular complexity index is 499. The van der Waals surface area contributed by atoms with Gasteiger partial charge in [-0.1, -0.05) is 12.1 Å². The van der Waals surface area contributed by atoms with E-state index in [0.717, 1.165) is 5.56 Å². The van der Waals surface area contributed by atoms with Crippen LogP contribution in [0.3, 0.4) is 0 Å². The van der Waals surface area contributed by atoms with Gasteiger partial charge < -0.3 is 9.80 Å². The molecule has 114 valence electrons. The first-order valence-electron chi connectivity index (χ1n) is 6.96. The van der Waals surface area contributed by atoms with Crippen LogP contribution in [0.4, 0.5) is 4.39 Å². The van der Waals surface area contributed by atoms with E-state index < -0.39 is 0 Å². The fourth-order valence-electron chi connectivity index (χ4n) is 2.33.